The molecule has 4 bridgehead atoms. The molecule has 0 aromatic heterocycles. The van der Waals surface area contributed by atoms with E-state index in [1.807, 2.05) is 0 Å². The second-order valence-electron chi connectivity index (χ2n) is 8.19. The van der Waals surface area contributed by atoms with Gasteiger partial charge in [0.15, 0.2) is 0 Å². The Hall–Kier alpha value is -0.810. The van der Waals surface area contributed by atoms with Crippen molar-refractivity contribution < 1.29 is 14.4 Å². The summed E-state index contributed by atoms with van der Waals surface area (Å²) in [4.78, 5) is 13.9. The van der Waals surface area contributed by atoms with E-state index in [0.717, 1.165) is 57.1 Å². The topological polar surface area (TPSA) is 54.8 Å². The van der Waals surface area contributed by atoms with Crippen molar-refractivity contribution in [1.82, 2.24) is 10.6 Å². The summed E-state index contributed by atoms with van der Waals surface area (Å²) < 4.78 is 5.37. The van der Waals surface area contributed by atoms with Crippen molar-refractivity contribution in [3.8, 4) is 0 Å². The van der Waals surface area contributed by atoms with Crippen LogP contribution >= 0.6 is 0 Å². The highest BCUT2D eigenvalue weighted by atomic mass is 16.5. The van der Waals surface area contributed by atoms with Gasteiger partial charge >= 0.3 is 6.03 Å². The molecule has 22 heavy (non-hydrogen) atoms. The molecule has 0 radical (unpaired) electrons. The molecule has 0 aromatic carbocycles. The molecule has 1 heterocycles. The van der Waals surface area contributed by atoms with Crippen LogP contribution in [0.1, 0.15) is 38.5 Å². The van der Waals surface area contributed by atoms with Gasteiger partial charge in [-0.05, 0) is 56.3 Å². The molecule has 5 aliphatic rings. The number of morpholine rings is 1. The minimum absolute atomic E-state index is 0.0645. The van der Waals surface area contributed by atoms with Crippen LogP contribution in [0.2, 0.25) is 0 Å². The Morgan fingerprint density at radius 3 is 2.23 bits per heavy atom. The highest BCUT2D eigenvalue weighted by molar-refractivity contribution is 5.74. The Kier molecular flexibility index (Phi) is 4.03. The van der Waals surface area contributed by atoms with Gasteiger partial charge in [0.1, 0.15) is 13.1 Å². The lowest BCUT2D eigenvalue weighted by Gasteiger charge is -2.56. The zero-order chi connectivity index (χ0) is 15.0. The second-order valence-corrected chi connectivity index (χ2v) is 8.19. The molecule has 4 aliphatic carbocycles. The number of ether oxygens (including phenoxy) is 1. The molecule has 0 unspecified atom stereocenters. The summed E-state index contributed by atoms with van der Waals surface area (Å²) in [5.41, 5.74) is 0.130. The fourth-order valence-electron chi connectivity index (χ4n) is 5.81. The zero-order valence-electron chi connectivity index (χ0n) is 13.5. The largest absolute Gasteiger partial charge is 0.370 e. The fourth-order valence-corrected chi connectivity index (χ4v) is 5.81. The predicted molar refractivity (Wildman–Crippen MR) is 83.8 cm³/mol. The van der Waals surface area contributed by atoms with Crippen molar-refractivity contribution >= 4 is 6.03 Å². The predicted octanol–water partition coefficient (Wildman–Crippen LogP) is 0.170. The Morgan fingerprint density at radius 2 is 1.64 bits per heavy atom. The Bertz CT molecular complexity index is 385. The zero-order valence-corrected chi connectivity index (χ0v) is 13.5. The summed E-state index contributed by atoms with van der Waals surface area (Å²) >= 11 is 0. The molecule has 124 valence electrons. The van der Waals surface area contributed by atoms with Gasteiger partial charge in [-0.2, -0.15) is 0 Å². The standard InChI is InChI=1S/C17H29N3O2/c21-16(18-1-2-20-3-5-22-6-4-20)19-17-10-13-7-14(11-17)9-15(8-13)12-17/h13-15H,1-12H2,(H2,18,19,21)/p+1. The maximum atomic E-state index is 12.3. The van der Waals surface area contributed by atoms with Gasteiger partial charge in [-0.15, -0.1) is 0 Å². The maximum Gasteiger partial charge on any atom is 0.315 e. The highest BCUT2D eigenvalue weighted by Crippen LogP contribution is 2.55. The van der Waals surface area contributed by atoms with Crippen molar-refractivity contribution in [2.75, 3.05) is 39.4 Å². The summed E-state index contributed by atoms with van der Waals surface area (Å²) in [6.45, 7) is 5.63. The molecule has 5 nitrogen and oxygen atoms in total. The first-order valence-corrected chi connectivity index (χ1v) is 9.18. The van der Waals surface area contributed by atoms with Gasteiger partial charge in [-0.3, -0.25) is 0 Å². The quantitative estimate of drug-likeness (QED) is 0.693. The molecule has 1 aliphatic heterocycles. The van der Waals surface area contributed by atoms with E-state index in [-0.39, 0.29) is 11.6 Å². The molecule has 1 saturated heterocycles. The Balaban J connectivity index is 1.24. The summed E-state index contributed by atoms with van der Waals surface area (Å²) in [7, 11) is 0. The molecular formula is C17H30N3O2+. The van der Waals surface area contributed by atoms with Gasteiger partial charge in [0.2, 0.25) is 0 Å². The minimum atomic E-state index is 0.0645. The van der Waals surface area contributed by atoms with Crippen molar-refractivity contribution in [3.63, 3.8) is 0 Å². The van der Waals surface area contributed by atoms with Crippen LogP contribution in [0.25, 0.3) is 0 Å². The third-order valence-corrected chi connectivity index (χ3v) is 6.38. The molecule has 5 fully saturated rings. The number of hydrogen-bond acceptors (Lipinski definition) is 2. The van der Waals surface area contributed by atoms with Gasteiger partial charge in [0.25, 0.3) is 0 Å². The summed E-state index contributed by atoms with van der Waals surface area (Å²) in [6.07, 6.45) is 7.93. The van der Waals surface area contributed by atoms with Crippen molar-refractivity contribution in [1.29, 1.82) is 0 Å². The number of quaternary nitrogens is 1. The van der Waals surface area contributed by atoms with E-state index in [1.165, 1.54) is 38.5 Å². The first-order valence-electron chi connectivity index (χ1n) is 9.18. The second kappa shape index (κ2) is 6.00. The first-order chi connectivity index (χ1) is 10.7. The van der Waals surface area contributed by atoms with Gasteiger partial charge in [0.05, 0.1) is 26.3 Å². The average Bonchev–Trinajstić information content (AvgIpc) is 2.46. The lowest BCUT2D eigenvalue weighted by atomic mass is 9.53. The van der Waals surface area contributed by atoms with Crippen LogP contribution in [-0.2, 0) is 4.74 Å². The van der Waals surface area contributed by atoms with Gasteiger partial charge in [-0.1, -0.05) is 0 Å². The van der Waals surface area contributed by atoms with Gasteiger partial charge < -0.3 is 20.3 Å². The van der Waals surface area contributed by atoms with E-state index in [0.29, 0.717) is 0 Å². The van der Waals surface area contributed by atoms with Crippen LogP contribution in [0.3, 0.4) is 0 Å². The van der Waals surface area contributed by atoms with E-state index in [4.69, 9.17) is 4.74 Å². The van der Waals surface area contributed by atoms with E-state index >= 15 is 0 Å². The van der Waals surface area contributed by atoms with Crippen LogP contribution in [0.4, 0.5) is 4.79 Å². The summed E-state index contributed by atoms with van der Waals surface area (Å²) in [5.74, 6) is 2.64. The SMILES string of the molecule is O=C(NCC[NH+]1CCOCC1)NC12CC3CC(CC(C3)C1)C2. The normalized spacial score (nSPS) is 40.6. The third-order valence-electron chi connectivity index (χ3n) is 6.38. The van der Waals surface area contributed by atoms with Crippen LogP contribution in [0.5, 0.6) is 0 Å². The Labute approximate surface area is 133 Å². The van der Waals surface area contributed by atoms with Gasteiger partial charge in [-0.25, -0.2) is 4.79 Å². The van der Waals surface area contributed by atoms with Crippen LogP contribution < -0.4 is 15.5 Å². The highest BCUT2D eigenvalue weighted by Gasteiger charge is 2.51. The fraction of sp³-hybridized carbons (Fsp3) is 0.941. The molecule has 5 heteroatoms. The summed E-state index contributed by atoms with van der Waals surface area (Å²) in [6, 6.07) is 0.0645. The number of hydrogen-bond donors (Lipinski definition) is 3. The van der Waals surface area contributed by atoms with Gasteiger partial charge in [0, 0.05) is 5.54 Å². The van der Waals surface area contributed by atoms with Crippen LogP contribution in [0.15, 0.2) is 0 Å². The van der Waals surface area contributed by atoms with Crippen LogP contribution in [0, 0.1) is 17.8 Å². The molecule has 0 aromatic rings. The molecule has 4 saturated carbocycles. The van der Waals surface area contributed by atoms with Crippen molar-refractivity contribution in [2.45, 2.75) is 44.1 Å². The lowest BCUT2D eigenvalue weighted by molar-refractivity contribution is -0.906. The molecule has 3 N–H and O–H groups in total. The van der Waals surface area contributed by atoms with Crippen LogP contribution in [-0.4, -0.2) is 51.0 Å². The average molecular weight is 308 g/mol. The molecular weight excluding hydrogens is 278 g/mol. The smallest absolute Gasteiger partial charge is 0.315 e. The molecule has 0 spiro atoms. The van der Waals surface area contributed by atoms with E-state index in [2.05, 4.69) is 10.6 Å². The summed E-state index contributed by atoms with van der Waals surface area (Å²) in [5, 5.41) is 6.47. The van der Waals surface area contributed by atoms with E-state index in [1.54, 1.807) is 4.90 Å². The maximum absolute atomic E-state index is 12.3. The first kappa shape index (κ1) is 14.8. The number of amides is 2. The van der Waals surface area contributed by atoms with Crippen molar-refractivity contribution in [3.05, 3.63) is 0 Å². The number of nitrogens with one attached hydrogen (secondary N) is 3. The lowest BCUT2D eigenvalue weighted by Crippen LogP contribution is -3.14. The van der Waals surface area contributed by atoms with Crippen molar-refractivity contribution in [2.24, 2.45) is 17.8 Å². The monoisotopic (exact) mass is 308 g/mol. The molecule has 2 amide bonds. The van der Waals surface area contributed by atoms with E-state index in [9.17, 15) is 4.79 Å². The minimum Gasteiger partial charge on any atom is -0.370 e. The molecule has 0 atom stereocenters. The Morgan fingerprint density at radius 1 is 1.05 bits per heavy atom. The number of urea groups is 1. The number of carbonyl (C=O) groups is 1. The molecule has 5 rings (SSSR count). The van der Waals surface area contributed by atoms with E-state index < -0.39 is 0 Å². The number of carbonyl (C=O) groups excluding carboxylic acids is 1. The number of rotatable bonds is 4. The third kappa shape index (κ3) is 3.11.